The summed E-state index contributed by atoms with van der Waals surface area (Å²) in [6, 6.07) is 0. The fourth-order valence-corrected chi connectivity index (χ4v) is 2.22. The lowest BCUT2D eigenvalue weighted by Crippen LogP contribution is -2.43. The van der Waals surface area contributed by atoms with Gasteiger partial charge in [-0.15, -0.1) is 0 Å². The van der Waals surface area contributed by atoms with Crippen LogP contribution in [0.3, 0.4) is 0 Å². The molecule has 1 rings (SSSR count). The zero-order valence-electron chi connectivity index (χ0n) is 13.8. The molecule has 0 saturated carbocycles. The standard InChI is InChI=1S/C15H31N5O/c1-4-8-16-15(18-13-14(21)19(2)3)17-9-12-20-10-6-5-7-11-20/h4-13H2,1-3H3,(H2,16,17,18). The van der Waals surface area contributed by atoms with E-state index in [4.69, 9.17) is 0 Å². The van der Waals surface area contributed by atoms with Gasteiger partial charge in [0.25, 0.3) is 0 Å². The summed E-state index contributed by atoms with van der Waals surface area (Å²) < 4.78 is 0. The van der Waals surface area contributed by atoms with E-state index >= 15 is 0 Å². The summed E-state index contributed by atoms with van der Waals surface area (Å²) in [6.45, 7) is 7.48. The van der Waals surface area contributed by atoms with Crippen LogP contribution >= 0.6 is 0 Å². The molecule has 0 spiro atoms. The fraction of sp³-hybridized carbons (Fsp3) is 0.867. The van der Waals surface area contributed by atoms with Gasteiger partial charge in [0.05, 0.1) is 0 Å². The van der Waals surface area contributed by atoms with Gasteiger partial charge < -0.3 is 20.4 Å². The highest BCUT2D eigenvalue weighted by atomic mass is 16.2. The van der Waals surface area contributed by atoms with Crippen LogP contribution in [0.2, 0.25) is 0 Å². The van der Waals surface area contributed by atoms with Crippen LogP contribution in [0.1, 0.15) is 32.6 Å². The Morgan fingerprint density at radius 3 is 2.43 bits per heavy atom. The molecule has 1 heterocycles. The molecule has 0 radical (unpaired) electrons. The van der Waals surface area contributed by atoms with Gasteiger partial charge in [-0.25, -0.2) is 4.99 Å². The molecule has 0 aromatic carbocycles. The third-order valence-electron chi connectivity index (χ3n) is 3.58. The molecular formula is C15H31N5O. The Bertz CT molecular complexity index is 324. The molecule has 0 unspecified atom stereocenters. The summed E-state index contributed by atoms with van der Waals surface area (Å²) in [5, 5.41) is 6.57. The highest BCUT2D eigenvalue weighted by Gasteiger charge is 2.09. The molecule has 1 aliphatic heterocycles. The number of rotatable bonds is 7. The monoisotopic (exact) mass is 297 g/mol. The van der Waals surface area contributed by atoms with Gasteiger partial charge in [0, 0.05) is 33.7 Å². The van der Waals surface area contributed by atoms with Gasteiger partial charge in [-0.05, 0) is 32.4 Å². The lowest BCUT2D eigenvalue weighted by Gasteiger charge is -2.26. The average molecular weight is 297 g/mol. The molecular weight excluding hydrogens is 266 g/mol. The summed E-state index contributed by atoms with van der Waals surface area (Å²) >= 11 is 0. The number of hydrogen-bond acceptors (Lipinski definition) is 3. The first-order valence-corrected chi connectivity index (χ1v) is 8.08. The van der Waals surface area contributed by atoms with E-state index in [9.17, 15) is 4.79 Å². The highest BCUT2D eigenvalue weighted by molar-refractivity contribution is 5.84. The predicted molar refractivity (Wildman–Crippen MR) is 87.6 cm³/mol. The molecule has 0 aromatic rings. The number of nitrogens with zero attached hydrogens (tertiary/aromatic N) is 3. The van der Waals surface area contributed by atoms with Crippen LogP contribution in [-0.4, -0.2) is 75.0 Å². The maximum Gasteiger partial charge on any atom is 0.243 e. The number of likely N-dealkylation sites (N-methyl/N-ethyl adjacent to an activating group) is 1. The number of guanidine groups is 1. The molecule has 1 aliphatic rings. The average Bonchev–Trinajstić information content (AvgIpc) is 2.50. The third-order valence-corrected chi connectivity index (χ3v) is 3.58. The number of carbonyl (C=O) groups excluding carboxylic acids is 1. The van der Waals surface area contributed by atoms with Crippen LogP contribution in [-0.2, 0) is 4.79 Å². The second-order valence-electron chi connectivity index (χ2n) is 5.71. The van der Waals surface area contributed by atoms with E-state index in [2.05, 4.69) is 27.4 Å². The van der Waals surface area contributed by atoms with E-state index < -0.39 is 0 Å². The normalized spacial score (nSPS) is 16.6. The maximum atomic E-state index is 11.6. The number of piperidine rings is 1. The lowest BCUT2D eigenvalue weighted by atomic mass is 10.1. The van der Waals surface area contributed by atoms with Crippen LogP contribution < -0.4 is 10.6 Å². The van der Waals surface area contributed by atoms with E-state index in [1.165, 1.54) is 32.4 Å². The Labute approximate surface area is 129 Å². The molecule has 2 N–H and O–H groups in total. The molecule has 1 fully saturated rings. The Hall–Kier alpha value is -1.30. The van der Waals surface area contributed by atoms with E-state index in [0.717, 1.165) is 32.0 Å². The van der Waals surface area contributed by atoms with Crippen LogP contribution in [0.15, 0.2) is 4.99 Å². The van der Waals surface area contributed by atoms with Gasteiger partial charge in [0.15, 0.2) is 5.96 Å². The third kappa shape index (κ3) is 7.90. The van der Waals surface area contributed by atoms with Crippen molar-refractivity contribution >= 4 is 11.9 Å². The SMILES string of the molecule is CCCNC(=NCC(=O)N(C)C)NCCN1CCCCC1. The number of carbonyl (C=O) groups is 1. The molecule has 0 aliphatic carbocycles. The van der Waals surface area contributed by atoms with Crippen LogP contribution in [0, 0.1) is 0 Å². The molecule has 6 nitrogen and oxygen atoms in total. The van der Waals surface area contributed by atoms with Gasteiger partial charge in [0.1, 0.15) is 6.54 Å². The van der Waals surface area contributed by atoms with E-state index in [1.807, 2.05) is 0 Å². The van der Waals surface area contributed by atoms with Gasteiger partial charge in [-0.1, -0.05) is 13.3 Å². The van der Waals surface area contributed by atoms with Crippen molar-refractivity contribution in [1.29, 1.82) is 0 Å². The summed E-state index contributed by atoms with van der Waals surface area (Å²) in [7, 11) is 3.50. The van der Waals surface area contributed by atoms with Gasteiger partial charge >= 0.3 is 0 Å². The van der Waals surface area contributed by atoms with Gasteiger partial charge in [-0.3, -0.25) is 4.79 Å². The second-order valence-corrected chi connectivity index (χ2v) is 5.71. The minimum atomic E-state index is 0.0172. The first-order valence-electron chi connectivity index (χ1n) is 8.08. The van der Waals surface area contributed by atoms with Crippen molar-refractivity contribution in [3.05, 3.63) is 0 Å². The molecule has 0 atom stereocenters. The maximum absolute atomic E-state index is 11.6. The Morgan fingerprint density at radius 2 is 1.81 bits per heavy atom. The van der Waals surface area contributed by atoms with E-state index in [-0.39, 0.29) is 12.5 Å². The van der Waals surface area contributed by atoms with Crippen molar-refractivity contribution in [1.82, 2.24) is 20.4 Å². The quantitative estimate of drug-likeness (QED) is 0.531. The van der Waals surface area contributed by atoms with Crippen LogP contribution in [0.4, 0.5) is 0 Å². The van der Waals surface area contributed by atoms with Crippen molar-refractivity contribution in [3.8, 4) is 0 Å². The predicted octanol–water partition coefficient (Wildman–Crippen LogP) is 0.506. The van der Waals surface area contributed by atoms with Crippen molar-refractivity contribution in [3.63, 3.8) is 0 Å². The number of nitrogens with one attached hydrogen (secondary N) is 2. The van der Waals surface area contributed by atoms with E-state index in [1.54, 1.807) is 19.0 Å². The second kappa shape index (κ2) is 10.4. The summed E-state index contributed by atoms with van der Waals surface area (Å²) in [4.78, 5) is 20.0. The Morgan fingerprint density at radius 1 is 1.14 bits per heavy atom. The van der Waals surface area contributed by atoms with Crippen molar-refractivity contribution in [2.75, 3.05) is 53.4 Å². The topological polar surface area (TPSA) is 60.0 Å². The lowest BCUT2D eigenvalue weighted by molar-refractivity contribution is -0.127. The Balaban J connectivity index is 2.33. The minimum Gasteiger partial charge on any atom is -0.356 e. The molecule has 0 aromatic heterocycles. The van der Waals surface area contributed by atoms with Crippen molar-refractivity contribution < 1.29 is 4.79 Å². The summed E-state index contributed by atoms with van der Waals surface area (Å²) in [5.41, 5.74) is 0. The van der Waals surface area contributed by atoms with Crippen LogP contribution in [0.5, 0.6) is 0 Å². The molecule has 1 saturated heterocycles. The smallest absolute Gasteiger partial charge is 0.243 e. The van der Waals surface area contributed by atoms with Gasteiger partial charge in [0.2, 0.25) is 5.91 Å². The fourth-order valence-electron chi connectivity index (χ4n) is 2.22. The minimum absolute atomic E-state index is 0.0172. The summed E-state index contributed by atoms with van der Waals surface area (Å²) in [6.07, 6.45) is 5.02. The van der Waals surface area contributed by atoms with Gasteiger partial charge in [-0.2, -0.15) is 0 Å². The zero-order valence-corrected chi connectivity index (χ0v) is 13.8. The molecule has 1 amide bonds. The number of amides is 1. The van der Waals surface area contributed by atoms with Crippen LogP contribution in [0.25, 0.3) is 0 Å². The summed E-state index contributed by atoms with van der Waals surface area (Å²) in [5.74, 6) is 0.757. The zero-order chi connectivity index (χ0) is 15.5. The van der Waals surface area contributed by atoms with Crippen molar-refractivity contribution in [2.45, 2.75) is 32.6 Å². The molecule has 6 heteroatoms. The molecule has 122 valence electrons. The first kappa shape index (κ1) is 17.8. The Kier molecular flexibility index (Phi) is 8.82. The number of hydrogen-bond donors (Lipinski definition) is 2. The first-order chi connectivity index (χ1) is 10.1. The number of likely N-dealkylation sites (tertiary alicyclic amines) is 1. The molecule has 21 heavy (non-hydrogen) atoms. The van der Waals surface area contributed by atoms with Crippen molar-refractivity contribution in [2.24, 2.45) is 4.99 Å². The molecule has 0 bridgehead atoms. The van der Waals surface area contributed by atoms with E-state index in [0.29, 0.717) is 0 Å². The number of aliphatic imine (C=N–C) groups is 1. The highest BCUT2D eigenvalue weighted by Crippen LogP contribution is 2.07. The largest absolute Gasteiger partial charge is 0.356 e.